The van der Waals surface area contributed by atoms with Crippen LogP contribution in [0.4, 0.5) is 0 Å². The Morgan fingerprint density at radius 3 is 1.31 bits per heavy atom. The van der Waals surface area contributed by atoms with E-state index < -0.39 is 35.7 Å². The van der Waals surface area contributed by atoms with Crippen molar-refractivity contribution in [3.63, 3.8) is 0 Å². The van der Waals surface area contributed by atoms with Crippen LogP contribution in [0.25, 0.3) is 0 Å². The molecule has 4 rings (SSSR count). The van der Waals surface area contributed by atoms with Gasteiger partial charge in [-0.15, -0.1) is 13.2 Å². The van der Waals surface area contributed by atoms with Crippen molar-refractivity contribution < 1.29 is 48.6 Å². The summed E-state index contributed by atoms with van der Waals surface area (Å²) in [7, 11) is -12.2. The summed E-state index contributed by atoms with van der Waals surface area (Å²) in [4.78, 5) is 7.95. The Morgan fingerprint density at radius 2 is 0.922 bits per heavy atom. The van der Waals surface area contributed by atoms with Crippen molar-refractivity contribution in [2.75, 3.05) is 0 Å². The number of hydrogen-bond donors (Lipinski definition) is 2. The van der Waals surface area contributed by atoms with E-state index in [9.17, 15) is 29.8 Å². The molecule has 2 N–H and O–H groups in total. The third-order valence-electron chi connectivity index (χ3n) is 6.70. The van der Waals surface area contributed by atoms with Gasteiger partial charge in [0, 0.05) is 6.07 Å². The number of hydrogen-bond acceptors (Lipinski definition) is 9. The van der Waals surface area contributed by atoms with E-state index in [0.29, 0.717) is 22.6 Å². The average Bonchev–Trinajstić information content (AvgIpc) is 3.02. The molecule has 4 aromatic rings. The highest BCUT2D eigenvalue weighted by molar-refractivity contribution is 7.91. The zero-order chi connectivity index (χ0) is 39.6. The van der Waals surface area contributed by atoms with Crippen LogP contribution in [-0.2, 0) is 40.3 Å². The van der Waals surface area contributed by atoms with Gasteiger partial charge in [-0.05, 0) is 117 Å². The summed E-state index contributed by atoms with van der Waals surface area (Å²) in [6.07, 6.45) is 0. The van der Waals surface area contributed by atoms with E-state index in [2.05, 4.69) is 13.2 Å². The predicted molar refractivity (Wildman–Crippen MR) is 198 cm³/mol. The van der Waals surface area contributed by atoms with E-state index in [1.54, 1.807) is 38.1 Å². The summed E-state index contributed by atoms with van der Waals surface area (Å²) >= 11 is 0. The van der Waals surface area contributed by atoms with Crippen molar-refractivity contribution >= 4 is 36.9 Å². The molecule has 0 bridgehead atoms. The van der Waals surface area contributed by atoms with Crippen LogP contribution < -0.4 is 9.47 Å². The summed E-state index contributed by atoms with van der Waals surface area (Å²) in [5.74, 6) is 1.07. The Hall–Kier alpha value is -4.34. The van der Waals surface area contributed by atoms with E-state index in [-0.39, 0.29) is 30.7 Å². The van der Waals surface area contributed by atoms with Gasteiger partial charge in [-0.25, -0.2) is 8.42 Å². The van der Waals surface area contributed by atoms with Crippen LogP contribution in [-0.4, -0.2) is 46.7 Å². The first-order valence-electron chi connectivity index (χ1n) is 15.2. The second kappa shape index (κ2) is 17.7. The molecule has 0 fully saturated rings. The van der Waals surface area contributed by atoms with Crippen LogP contribution in [0.5, 0.6) is 17.2 Å². The van der Waals surface area contributed by atoms with E-state index in [1.807, 2.05) is 54.4 Å². The first kappa shape index (κ1) is 44.7. The lowest BCUT2D eigenvalue weighted by Crippen LogP contribution is -2.22. The zero-order valence-corrected chi connectivity index (χ0v) is 32.4. The van der Waals surface area contributed by atoms with Crippen LogP contribution in [0.15, 0.2) is 118 Å². The number of benzene rings is 4. The fourth-order valence-corrected chi connectivity index (χ4v) is 7.02. The first-order valence-corrected chi connectivity index (χ1v) is 19.5. The highest BCUT2D eigenvalue weighted by atomic mass is 32.2. The highest BCUT2D eigenvalue weighted by Crippen LogP contribution is 2.30. The molecule has 0 aliphatic carbocycles. The maximum atomic E-state index is 12.9. The lowest BCUT2D eigenvalue weighted by molar-refractivity contribution is -0.0980. The van der Waals surface area contributed by atoms with E-state index in [4.69, 9.17) is 18.8 Å². The monoisotopic (exact) mass is 762 g/mol. The van der Waals surface area contributed by atoms with Gasteiger partial charge in [0.05, 0.1) is 14.7 Å². The van der Waals surface area contributed by atoms with Gasteiger partial charge >= 0.3 is 0 Å². The molecule has 0 aliphatic heterocycles. The lowest BCUT2D eigenvalue weighted by atomic mass is 9.87. The minimum atomic E-state index is -4.39. The van der Waals surface area contributed by atoms with Crippen molar-refractivity contribution in [1.82, 2.24) is 0 Å². The van der Waals surface area contributed by atoms with Crippen molar-refractivity contribution in [2.45, 2.75) is 86.0 Å². The minimum Gasteiger partial charge on any atom is -0.488 e. The topological polar surface area (TPSA) is 178 Å². The van der Waals surface area contributed by atoms with Crippen LogP contribution in [0.2, 0.25) is 0 Å². The Balaban J connectivity index is 0.000000573. The Morgan fingerprint density at radius 1 is 0.549 bits per heavy atom. The molecule has 0 aliphatic rings. The lowest BCUT2D eigenvalue weighted by Gasteiger charge is -2.21. The standard InChI is InChI=1S/C23H24O7S2.C11H16O3S.C2H4.CH2O/c1-16-5-6-19(15-22(16)32(26,27)28)29-17-7-11-20(12-8-17)31(24,25)21-13-9-18(10-14-21)30-23(2,3)4;1-8-5-6-9(11(2,3)4)7-10(8)15(12,13)14;2*1-2/h5-15H,1-4H3,(H,26,27,28);5-7H,1-4H3,(H,12,13,14);1-2H2;1H2. The molecular formula is C37H46O11S3. The molecule has 0 amide bonds. The van der Waals surface area contributed by atoms with Crippen molar-refractivity contribution in [1.29, 1.82) is 0 Å². The fourth-order valence-electron chi connectivity index (χ4n) is 4.27. The largest absolute Gasteiger partial charge is 0.488 e. The molecule has 0 spiro atoms. The maximum absolute atomic E-state index is 12.9. The normalized spacial score (nSPS) is 11.7. The second-order valence-electron chi connectivity index (χ2n) is 12.9. The van der Waals surface area contributed by atoms with Gasteiger partial charge in [0.15, 0.2) is 0 Å². The van der Waals surface area contributed by atoms with E-state index in [0.717, 1.165) is 5.56 Å². The SMILES string of the molecule is C=C.C=O.Cc1ccc(C(C)(C)C)cc1S(=O)(=O)O.Cc1ccc(Oc2ccc(S(=O)(=O)c3ccc(OC(C)(C)C)cc3)cc2)cc1S(=O)(=O)O. The van der Waals surface area contributed by atoms with E-state index in [1.165, 1.54) is 54.6 Å². The quantitative estimate of drug-likeness (QED) is 0.137. The molecule has 4 aromatic carbocycles. The van der Waals surface area contributed by atoms with Gasteiger partial charge in [-0.3, -0.25) is 9.11 Å². The number of carbonyl (C=O) groups is 1. The van der Waals surface area contributed by atoms with E-state index >= 15 is 0 Å². The molecule has 0 aromatic heterocycles. The first-order chi connectivity index (χ1) is 23.4. The summed E-state index contributed by atoms with van der Waals surface area (Å²) in [6.45, 7) is 22.9. The molecule has 0 atom stereocenters. The number of rotatable bonds is 7. The fraction of sp³-hybridized carbons (Fsp3) is 0.270. The Kier molecular flexibility index (Phi) is 15.5. The molecule has 51 heavy (non-hydrogen) atoms. The predicted octanol–water partition coefficient (Wildman–Crippen LogP) is 8.20. The van der Waals surface area contributed by atoms with Crippen LogP contribution >= 0.6 is 0 Å². The van der Waals surface area contributed by atoms with Gasteiger partial charge < -0.3 is 14.3 Å². The van der Waals surface area contributed by atoms with Gasteiger partial charge in [0.1, 0.15) is 34.5 Å². The van der Waals surface area contributed by atoms with Gasteiger partial charge in [-0.2, -0.15) is 16.8 Å². The van der Waals surface area contributed by atoms with Gasteiger partial charge in [0.2, 0.25) is 9.84 Å². The van der Waals surface area contributed by atoms with Crippen LogP contribution in [0, 0.1) is 13.8 Å². The molecule has 14 heteroatoms. The van der Waals surface area contributed by atoms with Gasteiger partial charge in [-0.1, -0.05) is 39.0 Å². The molecule has 0 radical (unpaired) electrons. The third-order valence-corrected chi connectivity index (χ3v) is 10.5. The minimum absolute atomic E-state index is 0.00470. The Bertz CT molecular complexity index is 2090. The van der Waals surface area contributed by atoms with Crippen LogP contribution in [0.1, 0.15) is 58.2 Å². The molecule has 0 saturated carbocycles. The molecular weight excluding hydrogens is 717 g/mol. The maximum Gasteiger partial charge on any atom is 0.294 e. The zero-order valence-electron chi connectivity index (χ0n) is 30.0. The molecule has 0 unspecified atom stereocenters. The Labute approximate surface area is 302 Å². The smallest absolute Gasteiger partial charge is 0.294 e. The number of sulfone groups is 1. The second-order valence-corrected chi connectivity index (χ2v) is 17.6. The molecule has 0 saturated heterocycles. The summed E-state index contributed by atoms with van der Waals surface area (Å²) in [5.41, 5.74) is 1.30. The third kappa shape index (κ3) is 13.4. The highest BCUT2D eigenvalue weighted by Gasteiger charge is 2.21. The number of aryl methyl sites for hydroxylation is 2. The molecule has 11 nitrogen and oxygen atoms in total. The number of ether oxygens (including phenoxy) is 2. The molecule has 0 heterocycles. The number of carbonyl (C=O) groups excluding carboxylic acids is 1. The van der Waals surface area contributed by atoms with Gasteiger partial charge in [0.25, 0.3) is 20.2 Å². The summed E-state index contributed by atoms with van der Waals surface area (Å²) < 4.78 is 101. The average molecular weight is 763 g/mol. The summed E-state index contributed by atoms with van der Waals surface area (Å²) in [5, 5.41) is 0. The molecule has 278 valence electrons. The van der Waals surface area contributed by atoms with Crippen molar-refractivity contribution in [3.8, 4) is 17.2 Å². The van der Waals surface area contributed by atoms with Crippen molar-refractivity contribution in [3.05, 3.63) is 115 Å². The van der Waals surface area contributed by atoms with Crippen LogP contribution in [0.3, 0.4) is 0 Å². The summed E-state index contributed by atoms with van der Waals surface area (Å²) in [6, 6.07) is 21.3. The van der Waals surface area contributed by atoms with Crippen molar-refractivity contribution in [2.24, 2.45) is 0 Å².